The molecule has 3 nitrogen and oxygen atoms in total. The number of nitrogens with zero attached hydrogens (tertiary/aromatic N) is 1. The zero-order valence-corrected chi connectivity index (χ0v) is 10.5. The number of aliphatic hydroxyl groups is 1. The Bertz CT molecular complexity index is 279. The molecule has 1 aromatic heterocycles. The third kappa shape index (κ3) is 4.28. The van der Waals surface area contributed by atoms with Crippen molar-refractivity contribution in [1.82, 2.24) is 10.3 Å². The van der Waals surface area contributed by atoms with Gasteiger partial charge in [-0.25, -0.2) is 4.98 Å². The second-order valence-corrected chi connectivity index (χ2v) is 5.29. The third-order valence-electron chi connectivity index (χ3n) is 2.46. The zero-order valence-electron chi connectivity index (χ0n) is 9.71. The molecule has 0 aliphatic heterocycles. The van der Waals surface area contributed by atoms with E-state index < -0.39 is 0 Å². The minimum atomic E-state index is 0.276. The highest BCUT2D eigenvalue weighted by Gasteiger charge is 2.04. The van der Waals surface area contributed by atoms with Gasteiger partial charge in [0.05, 0.1) is 5.69 Å². The Hall–Kier alpha value is -0.450. The second-order valence-electron chi connectivity index (χ2n) is 4.00. The summed E-state index contributed by atoms with van der Waals surface area (Å²) in [6.45, 7) is 8.35. The number of thiazole rings is 1. The number of aliphatic hydroxyl groups excluding tert-OH is 1. The highest BCUT2D eigenvalue weighted by atomic mass is 32.1. The lowest BCUT2D eigenvalue weighted by Gasteiger charge is -2.09. The van der Waals surface area contributed by atoms with Gasteiger partial charge in [0.1, 0.15) is 5.01 Å². The van der Waals surface area contributed by atoms with Gasteiger partial charge < -0.3 is 10.4 Å². The van der Waals surface area contributed by atoms with E-state index in [0.717, 1.165) is 30.2 Å². The van der Waals surface area contributed by atoms with Gasteiger partial charge in [-0.1, -0.05) is 6.92 Å². The molecule has 1 rings (SSSR count). The van der Waals surface area contributed by atoms with E-state index in [2.05, 4.69) is 24.1 Å². The number of hydrogen-bond donors (Lipinski definition) is 2. The van der Waals surface area contributed by atoms with Crippen molar-refractivity contribution in [2.75, 3.05) is 13.2 Å². The fourth-order valence-electron chi connectivity index (χ4n) is 1.36. The Morgan fingerprint density at radius 3 is 2.73 bits per heavy atom. The van der Waals surface area contributed by atoms with Gasteiger partial charge in [0.2, 0.25) is 0 Å². The molecule has 0 amide bonds. The largest absolute Gasteiger partial charge is 0.396 e. The smallest absolute Gasteiger partial charge is 0.107 e. The van der Waals surface area contributed by atoms with Crippen LogP contribution in [0.15, 0.2) is 0 Å². The van der Waals surface area contributed by atoms with E-state index in [4.69, 9.17) is 5.11 Å². The predicted octanol–water partition coefficient (Wildman–Crippen LogP) is 1.87. The summed E-state index contributed by atoms with van der Waals surface area (Å²) in [5, 5.41) is 13.3. The average Bonchev–Trinajstić information content (AvgIpc) is 2.46. The maximum atomic E-state index is 8.75. The Kier molecular flexibility index (Phi) is 5.22. The van der Waals surface area contributed by atoms with Crippen LogP contribution in [0.5, 0.6) is 0 Å². The molecule has 0 spiro atoms. The highest BCUT2D eigenvalue weighted by Crippen LogP contribution is 2.15. The lowest BCUT2D eigenvalue weighted by atomic mass is 10.1. The summed E-state index contributed by atoms with van der Waals surface area (Å²) in [4.78, 5) is 5.76. The lowest BCUT2D eigenvalue weighted by molar-refractivity contribution is 0.260. The third-order valence-corrected chi connectivity index (χ3v) is 3.54. The van der Waals surface area contributed by atoms with Crippen LogP contribution in [0, 0.1) is 19.8 Å². The van der Waals surface area contributed by atoms with Crippen LogP contribution < -0.4 is 5.32 Å². The molecule has 1 unspecified atom stereocenters. The first-order valence-electron chi connectivity index (χ1n) is 5.38. The predicted molar refractivity (Wildman–Crippen MR) is 64.2 cm³/mol. The molecule has 0 radical (unpaired) electrons. The van der Waals surface area contributed by atoms with Crippen molar-refractivity contribution in [3.05, 3.63) is 15.6 Å². The molecule has 2 N–H and O–H groups in total. The normalized spacial score (nSPS) is 13.1. The van der Waals surface area contributed by atoms with Crippen LogP contribution in [-0.4, -0.2) is 23.2 Å². The SMILES string of the molecule is Cc1nc(CNCC(C)CCO)sc1C. The Labute approximate surface area is 95.6 Å². The summed E-state index contributed by atoms with van der Waals surface area (Å²) in [6, 6.07) is 0. The molecule has 4 heteroatoms. The minimum absolute atomic E-state index is 0.276. The standard InChI is InChI=1S/C11H20N2OS/c1-8(4-5-14)6-12-7-11-13-9(2)10(3)15-11/h8,12,14H,4-7H2,1-3H3. The van der Waals surface area contributed by atoms with Crippen molar-refractivity contribution >= 4 is 11.3 Å². The minimum Gasteiger partial charge on any atom is -0.396 e. The van der Waals surface area contributed by atoms with Crippen LogP contribution in [0.4, 0.5) is 0 Å². The Balaban J connectivity index is 2.25. The molecule has 1 heterocycles. The molecule has 1 atom stereocenters. The van der Waals surface area contributed by atoms with Crippen LogP contribution in [0.1, 0.15) is 28.9 Å². The summed E-state index contributed by atoms with van der Waals surface area (Å²) in [6.07, 6.45) is 0.864. The molecule has 1 aromatic rings. The highest BCUT2D eigenvalue weighted by molar-refractivity contribution is 7.11. The molecule has 0 aromatic carbocycles. The Morgan fingerprint density at radius 1 is 1.47 bits per heavy atom. The van der Waals surface area contributed by atoms with Crippen molar-refractivity contribution in [3.63, 3.8) is 0 Å². The van der Waals surface area contributed by atoms with Gasteiger partial charge >= 0.3 is 0 Å². The Morgan fingerprint density at radius 2 is 2.20 bits per heavy atom. The van der Waals surface area contributed by atoms with E-state index in [9.17, 15) is 0 Å². The summed E-state index contributed by atoms with van der Waals surface area (Å²) < 4.78 is 0. The van der Waals surface area contributed by atoms with Gasteiger partial charge in [0.25, 0.3) is 0 Å². The molecule has 0 saturated carbocycles. The number of aryl methyl sites for hydroxylation is 2. The van der Waals surface area contributed by atoms with Crippen LogP contribution >= 0.6 is 11.3 Å². The van der Waals surface area contributed by atoms with Gasteiger partial charge in [-0.15, -0.1) is 11.3 Å². The molecule has 0 aliphatic rings. The zero-order chi connectivity index (χ0) is 11.3. The molecule has 15 heavy (non-hydrogen) atoms. The number of rotatable bonds is 6. The monoisotopic (exact) mass is 228 g/mol. The fraction of sp³-hybridized carbons (Fsp3) is 0.727. The average molecular weight is 228 g/mol. The summed E-state index contributed by atoms with van der Waals surface area (Å²) in [5.74, 6) is 0.525. The first-order valence-corrected chi connectivity index (χ1v) is 6.19. The quantitative estimate of drug-likeness (QED) is 0.781. The van der Waals surface area contributed by atoms with Gasteiger partial charge in [0, 0.05) is 18.0 Å². The number of hydrogen-bond acceptors (Lipinski definition) is 4. The van der Waals surface area contributed by atoms with E-state index in [1.807, 2.05) is 6.92 Å². The van der Waals surface area contributed by atoms with Crippen molar-refractivity contribution in [2.45, 2.75) is 33.7 Å². The first kappa shape index (κ1) is 12.6. The van der Waals surface area contributed by atoms with Gasteiger partial charge in [0.15, 0.2) is 0 Å². The van der Waals surface area contributed by atoms with Crippen LogP contribution in [0.25, 0.3) is 0 Å². The molecular formula is C11H20N2OS. The van der Waals surface area contributed by atoms with E-state index in [-0.39, 0.29) is 6.61 Å². The first-order chi connectivity index (χ1) is 7.13. The molecule has 86 valence electrons. The molecule has 0 fully saturated rings. The molecule has 0 aliphatic carbocycles. The van der Waals surface area contributed by atoms with E-state index in [0.29, 0.717) is 5.92 Å². The summed E-state index contributed by atoms with van der Waals surface area (Å²) in [5.41, 5.74) is 1.14. The fourth-order valence-corrected chi connectivity index (χ4v) is 2.27. The lowest BCUT2D eigenvalue weighted by Crippen LogP contribution is -2.21. The van der Waals surface area contributed by atoms with Gasteiger partial charge in [-0.2, -0.15) is 0 Å². The van der Waals surface area contributed by atoms with Crippen molar-refractivity contribution in [2.24, 2.45) is 5.92 Å². The van der Waals surface area contributed by atoms with Crippen LogP contribution in [-0.2, 0) is 6.54 Å². The second kappa shape index (κ2) is 6.20. The maximum absolute atomic E-state index is 8.75. The number of nitrogens with one attached hydrogen (secondary N) is 1. The van der Waals surface area contributed by atoms with Gasteiger partial charge in [-0.3, -0.25) is 0 Å². The van der Waals surface area contributed by atoms with Crippen LogP contribution in [0.2, 0.25) is 0 Å². The topological polar surface area (TPSA) is 45.2 Å². The molecular weight excluding hydrogens is 208 g/mol. The molecule has 0 bridgehead atoms. The van der Waals surface area contributed by atoms with E-state index in [1.165, 1.54) is 4.88 Å². The van der Waals surface area contributed by atoms with Crippen LogP contribution in [0.3, 0.4) is 0 Å². The number of aromatic nitrogens is 1. The van der Waals surface area contributed by atoms with Crippen molar-refractivity contribution < 1.29 is 5.11 Å². The summed E-state index contributed by atoms with van der Waals surface area (Å²) >= 11 is 1.76. The van der Waals surface area contributed by atoms with E-state index >= 15 is 0 Å². The maximum Gasteiger partial charge on any atom is 0.107 e. The van der Waals surface area contributed by atoms with E-state index in [1.54, 1.807) is 11.3 Å². The molecule has 0 saturated heterocycles. The van der Waals surface area contributed by atoms with Crippen molar-refractivity contribution in [3.8, 4) is 0 Å². The summed E-state index contributed by atoms with van der Waals surface area (Å²) in [7, 11) is 0. The van der Waals surface area contributed by atoms with Gasteiger partial charge in [-0.05, 0) is 32.7 Å². The van der Waals surface area contributed by atoms with Crippen molar-refractivity contribution in [1.29, 1.82) is 0 Å².